The molecule has 0 bridgehead atoms. The average Bonchev–Trinajstić information content (AvgIpc) is 3.17. The summed E-state index contributed by atoms with van der Waals surface area (Å²) in [7, 11) is 0. The number of hydrogen-bond acceptors (Lipinski definition) is 4. The first-order valence-electron chi connectivity index (χ1n) is 9.69. The van der Waals surface area contributed by atoms with Crippen LogP contribution in [0.25, 0.3) is 11.0 Å². The quantitative estimate of drug-likeness (QED) is 0.399. The molecule has 0 atom stereocenters. The minimum absolute atomic E-state index is 0.0644. The fourth-order valence-electron chi connectivity index (χ4n) is 2.11. The Morgan fingerprint density at radius 1 is 0.964 bits per heavy atom. The summed E-state index contributed by atoms with van der Waals surface area (Å²) >= 11 is 0. The summed E-state index contributed by atoms with van der Waals surface area (Å²) in [4.78, 5) is 30.6. The fourth-order valence-corrected chi connectivity index (χ4v) is 2.11. The summed E-state index contributed by atoms with van der Waals surface area (Å²) in [6.07, 6.45) is 1.54. The monoisotopic (exact) mass is 384 g/mol. The number of carbonyl (C=O) groups is 2. The smallest absolute Gasteiger partial charge is 0.255 e. The molecule has 0 unspecified atom stereocenters. The summed E-state index contributed by atoms with van der Waals surface area (Å²) in [5.41, 5.74) is 8.36. The molecule has 6 heteroatoms. The summed E-state index contributed by atoms with van der Waals surface area (Å²) in [5.74, 6) is -0.311. The number of nitrogen functional groups attached to an aromatic ring is 1. The minimum atomic E-state index is -0.247. The van der Waals surface area contributed by atoms with E-state index in [1.165, 1.54) is 13.1 Å². The number of rotatable bonds is 3. The Morgan fingerprint density at radius 2 is 1.54 bits per heavy atom. The Hall–Kier alpha value is -3.15. The van der Waals surface area contributed by atoms with Gasteiger partial charge in [0.25, 0.3) is 5.91 Å². The van der Waals surface area contributed by atoms with Gasteiger partial charge in [-0.25, -0.2) is 4.98 Å². The minimum Gasteiger partial charge on any atom is -0.399 e. The standard InChI is InChI=1S/C16H14N4O2.3C2H6/c1-9(21)14-7-11-6-13(8-18-15(11)20-14)19-16(22)10-2-4-12(17)5-3-10;3*1-2/h2-8H,17H2,1H3,(H,18,20)(H,19,22);3*1-2H3. The molecular weight excluding hydrogens is 352 g/mol. The Labute approximate surface area is 167 Å². The van der Waals surface area contributed by atoms with Gasteiger partial charge in [-0.15, -0.1) is 0 Å². The van der Waals surface area contributed by atoms with E-state index in [9.17, 15) is 9.59 Å². The van der Waals surface area contributed by atoms with Crippen LogP contribution in [0.1, 0.15) is 69.3 Å². The lowest BCUT2D eigenvalue weighted by molar-refractivity contribution is 0.101. The van der Waals surface area contributed by atoms with Crippen molar-refractivity contribution in [3.63, 3.8) is 0 Å². The van der Waals surface area contributed by atoms with Gasteiger partial charge in [-0.2, -0.15) is 0 Å². The Morgan fingerprint density at radius 3 is 2.07 bits per heavy atom. The summed E-state index contributed by atoms with van der Waals surface area (Å²) in [5, 5.41) is 3.53. The summed E-state index contributed by atoms with van der Waals surface area (Å²) in [6.45, 7) is 13.5. The van der Waals surface area contributed by atoms with Crippen LogP contribution in [0.4, 0.5) is 11.4 Å². The third-order valence-electron chi connectivity index (χ3n) is 3.28. The van der Waals surface area contributed by atoms with Gasteiger partial charge >= 0.3 is 0 Å². The first-order valence-corrected chi connectivity index (χ1v) is 9.69. The predicted octanol–water partition coefficient (Wildman–Crippen LogP) is 5.68. The number of carbonyl (C=O) groups excluding carboxylic acids is 2. The normalized spacial score (nSPS) is 8.96. The second-order valence-electron chi connectivity index (χ2n) is 4.98. The molecule has 0 saturated carbocycles. The number of nitrogens with zero attached hydrogens (tertiary/aromatic N) is 1. The molecule has 1 aromatic carbocycles. The largest absolute Gasteiger partial charge is 0.399 e. The van der Waals surface area contributed by atoms with Crippen molar-refractivity contribution in [1.29, 1.82) is 0 Å². The van der Waals surface area contributed by atoms with Crippen LogP contribution in [0.3, 0.4) is 0 Å². The van der Waals surface area contributed by atoms with Crippen molar-refractivity contribution in [2.75, 3.05) is 11.1 Å². The first kappa shape index (κ1) is 24.8. The molecule has 3 rings (SSSR count). The van der Waals surface area contributed by atoms with Gasteiger partial charge in [0.15, 0.2) is 5.78 Å². The van der Waals surface area contributed by atoms with Crippen molar-refractivity contribution in [3.05, 3.63) is 53.9 Å². The number of aromatic amines is 1. The van der Waals surface area contributed by atoms with E-state index in [4.69, 9.17) is 5.73 Å². The molecule has 0 aliphatic rings. The second-order valence-corrected chi connectivity index (χ2v) is 4.98. The molecule has 0 aliphatic heterocycles. The van der Waals surface area contributed by atoms with Crippen LogP contribution in [-0.2, 0) is 0 Å². The molecule has 28 heavy (non-hydrogen) atoms. The van der Waals surface area contributed by atoms with Crippen LogP contribution in [0.5, 0.6) is 0 Å². The fraction of sp³-hybridized carbons (Fsp3) is 0.318. The van der Waals surface area contributed by atoms with Crippen LogP contribution in [0.15, 0.2) is 42.6 Å². The molecule has 0 saturated heterocycles. The Kier molecular flexibility index (Phi) is 11.6. The highest BCUT2D eigenvalue weighted by Crippen LogP contribution is 2.18. The summed E-state index contributed by atoms with van der Waals surface area (Å²) < 4.78 is 0. The lowest BCUT2D eigenvalue weighted by Crippen LogP contribution is -2.11. The SMILES string of the molecule is CC.CC.CC.CC(=O)c1cc2cc(NC(=O)c3ccc(N)cc3)cnc2[nH]1. The van der Waals surface area contributed by atoms with Crippen LogP contribution < -0.4 is 11.1 Å². The topological polar surface area (TPSA) is 101 Å². The van der Waals surface area contributed by atoms with E-state index >= 15 is 0 Å². The van der Waals surface area contributed by atoms with Gasteiger partial charge in [-0.1, -0.05) is 41.5 Å². The number of anilines is 2. The van der Waals surface area contributed by atoms with E-state index in [0.29, 0.717) is 28.3 Å². The van der Waals surface area contributed by atoms with Crippen molar-refractivity contribution < 1.29 is 9.59 Å². The van der Waals surface area contributed by atoms with Crippen LogP contribution in [0.2, 0.25) is 0 Å². The van der Waals surface area contributed by atoms with Crippen molar-refractivity contribution in [2.24, 2.45) is 0 Å². The first-order chi connectivity index (χ1) is 13.5. The average molecular weight is 385 g/mol. The van der Waals surface area contributed by atoms with Gasteiger partial charge in [0.1, 0.15) is 5.65 Å². The lowest BCUT2D eigenvalue weighted by atomic mass is 10.2. The van der Waals surface area contributed by atoms with Gasteiger partial charge < -0.3 is 16.0 Å². The van der Waals surface area contributed by atoms with Gasteiger partial charge in [-0.3, -0.25) is 9.59 Å². The molecule has 2 aromatic heterocycles. The van der Waals surface area contributed by atoms with Crippen LogP contribution in [-0.4, -0.2) is 21.7 Å². The van der Waals surface area contributed by atoms with Gasteiger partial charge in [-0.05, 0) is 36.4 Å². The molecule has 1 amide bonds. The lowest BCUT2D eigenvalue weighted by Gasteiger charge is -2.05. The Balaban J connectivity index is 0.00000111. The number of benzene rings is 1. The number of nitrogens with two attached hydrogens (primary N) is 1. The highest BCUT2D eigenvalue weighted by molar-refractivity contribution is 6.05. The van der Waals surface area contributed by atoms with Crippen molar-refractivity contribution in [3.8, 4) is 0 Å². The van der Waals surface area contributed by atoms with E-state index in [1.54, 1.807) is 36.4 Å². The van der Waals surface area contributed by atoms with Gasteiger partial charge in [0.2, 0.25) is 0 Å². The highest BCUT2D eigenvalue weighted by atomic mass is 16.1. The van der Waals surface area contributed by atoms with Crippen LogP contribution in [0, 0.1) is 0 Å². The number of Topliss-reactive ketones (excluding diaryl/α,β-unsaturated/α-hetero) is 1. The summed E-state index contributed by atoms with van der Waals surface area (Å²) in [6, 6.07) is 10.1. The van der Waals surface area contributed by atoms with E-state index in [1.807, 2.05) is 41.5 Å². The van der Waals surface area contributed by atoms with Gasteiger partial charge in [0, 0.05) is 23.6 Å². The number of hydrogen-bond donors (Lipinski definition) is 3. The molecule has 0 radical (unpaired) electrons. The second kappa shape index (κ2) is 13.1. The predicted molar refractivity (Wildman–Crippen MR) is 119 cm³/mol. The third-order valence-corrected chi connectivity index (χ3v) is 3.28. The Bertz CT molecular complexity index is 868. The molecule has 6 nitrogen and oxygen atoms in total. The molecule has 3 aromatic rings. The maximum absolute atomic E-state index is 12.1. The van der Waals surface area contributed by atoms with E-state index in [2.05, 4.69) is 15.3 Å². The molecule has 0 fully saturated rings. The zero-order chi connectivity index (χ0) is 21.7. The van der Waals surface area contributed by atoms with Crippen LogP contribution >= 0.6 is 0 Å². The zero-order valence-electron chi connectivity index (χ0n) is 17.9. The third kappa shape index (κ3) is 6.87. The maximum Gasteiger partial charge on any atom is 0.255 e. The number of pyridine rings is 1. The number of amides is 1. The number of H-pyrrole nitrogens is 1. The molecule has 0 aliphatic carbocycles. The highest BCUT2D eigenvalue weighted by Gasteiger charge is 2.09. The number of fused-ring (bicyclic) bond motifs is 1. The number of aromatic nitrogens is 2. The molecule has 0 spiro atoms. The molecule has 2 heterocycles. The van der Waals surface area contributed by atoms with E-state index in [0.717, 1.165) is 5.39 Å². The van der Waals surface area contributed by atoms with E-state index < -0.39 is 0 Å². The number of nitrogens with one attached hydrogen (secondary N) is 2. The molecule has 4 N–H and O–H groups in total. The van der Waals surface area contributed by atoms with Gasteiger partial charge in [0.05, 0.1) is 17.6 Å². The van der Waals surface area contributed by atoms with Crippen molar-refractivity contribution in [1.82, 2.24) is 9.97 Å². The van der Waals surface area contributed by atoms with Crippen molar-refractivity contribution in [2.45, 2.75) is 48.5 Å². The molecule has 152 valence electrons. The maximum atomic E-state index is 12.1. The van der Waals surface area contributed by atoms with E-state index in [-0.39, 0.29) is 11.7 Å². The van der Waals surface area contributed by atoms with Crippen molar-refractivity contribution >= 4 is 34.1 Å². The number of ketones is 1. The zero-order valence-corrected chi connectivity index (χ0v) is 17.9. The molecular formula is C22H32N4O2.